The number of nitrogens with one attached hydrogen (secondary N) is 1. The SMILES string of the molecule is CO[C@@H](C(=O)N[C@H]1CC[C@@H](n2c(=O)c3cc(F)cnc3n(C3CCSCC3)c2=O)CC1)c1ccccc1. The van der Waals surface area contributed by atoms with Crippen molar-refractivity contribution >= 4 is 28.7 Å². The van der Waals surface area contributed by atoms with Crippen LogP contribution in [0.15, 0.2) is 52.2 Å². The monoisotopic (exact) mass is 526 g/mol. The molecule has 2 aromatic heterocycles. The lowest BCUT2D eigenvalue weighted by Crippen LogP contribution is -2.47. The fourth-order valence-electron chi connectivity index (χ4n) is 5.58. The molecule has 1 amide bonds. The molecule has 0 radical (unpaired) electrons. The molecule has 1 atom stereocenters. The van der Waals surface area contributed by atoms with Gasteiger partial charge in [0.05, 0.1) is 11.6 Å². The Morgan fingerprint density at radius 1 is 1.05 bits per heavy atom. The molecule has 1 aliphatic carbocycles. The van der Waals surface area contributed by atoms with E-state index in [9.17, 15) is 18.8 Å². The first-order chi connectivity index (χ1) is 18.0. The summed E-state index contributed by atoms with van der Waals surface area (Å²) in [5, 5.41) is 3.21. The van der Waals surface area contributed by atoms with E-state index in [1.165, 1.54) is 17.7 Å². The molecule has 5 rings (SSSR count). The fraction of sp³-hybridized carbons (Fsp3) is 0.481. The quantitative estimate of drug-likeness (QED) is 0.526. The van der Waals surface area contributed by atoms with Crippen molar-refractivity contribution in [3.63, 3.8) is 0 Å². The standard InChI is InChI=1S/C27H31FN4O4S/c1-36-23(17-5-3-2-4-6-17)25(33)30-19-7-9-20(10-8-19)32-26(34)22-15-18(28)16-29-24(22)31(27(32)35)21-11-13-37-14-12-21/h2-6,15-16,19-21,23H,7-14H2,1H3,(H,30,33)/t19-,20+,23-/m1/s1. The summed E-state index contributed by atoms with van der Waals surface area (Å²) in [4.78, 5) is 44.2. The highest BCUT2D eigenvalue weighted by molar-refractivity contribution is 7.99. The Hall–Kier alpha value is -2.98. The van der Waals surface area contributed by atoms with Crippen molar-refractivity contribution in [2.45, 2.75) is 62.8 Å². The van der Waals surface area contributed by atoms with Crippen LogP contribution in [0, 0.1) is 5.82 Å². The molecular formula is C27H31FN4O4S. The minimum absolute atomic E-state index is 0.0688. The van der Waals surface area contributed by atoms with E-state index in [0.29, 0.717) is 25.7 Å². The number of hydrogen-bond donors (Lipinski definition) is 1. The Morgan fingerprint density at radius 2 is 1.73 bits per heavy atom. The van der Waals surface area contributed by atoms with Gasteiger partial charge in [-0.15, -0.1) is 0 Å². The Balaban J connectivity index is 1.38. The number of aromatic nitrogens is 3. The number of carbonyl (C=O) groups excluding carboxylic acids is 1. The molecule has 8 nitrogen and oxygen atoms in total. The number of amides is 1. The molecule has 1 saturated heterocycles. The number of ether oxygens (including phenoxy) is 1. The van der Waals surface area contributed by atoms with Gasteiger partial charge in [-0.3, -0.25) is 18.7 Å². The first kappa shape index (κ1) is 25.7. The third-order valence-corrected chi connectivity index (χ3v) is 8.51. The molecule has 10 heteroatoms. The number of halogens is 1. The number of benzene rings is 1. The Bertz CT molecular complexity index is 1380. The van der Waals surface area contributed by atoms with Gasteiger partial charge in [0.25, 0.3) is 11.5 Å². The first-order valence-corrected chi connectivity index (χ1v) is 13.9. The van der Waals surface area contributed by atoms with E-state index in [4.69, 9.17) is 4.74 Å². The second-order valence-corrected chi connectivity index (χ2v) is 11.0. The second kappa shape index (κ2) is 11.2. The number of hydrogen-bond acceptors (Lipinski definition) is 6. The molecule has 3 aromatic rings. The summed E-state index contributed by atoms with van der Waals surface area (Å²) in [6.07, 6.45) is 4.31. The first-order valence-electron chi connectivity index (χ1n) is 12.8. The largest absolute Gasteiger partial charge is 0.367 e. The molecule has 2 aliphatic rings. The van der Waals surface area contributed by atoms with E-state index in [1.807, 2.05) is 42.1 Å². The summed E-state index contributed by atoms with van der Waals surface area (Å²) in [5.41, 5.74) is 0.174. The van der Waals surface area contributed by atoms with Crippen molar-refractivity contribution < 1.29 is 13.9 Å². The molecule has 1 saturated carbocycles. The minimum Gasteiger partial charge on any atom is -0.367 e. The molecule has 1 aliphatic heterocycles. The zero-order valence-corrected chi connectivity index (χ0v) is 21.6. The van der Waals surface area contributed by atoms with Crippen LogP contribution < -0.4 is 16.6 Å². The topological polar surface area (TPSA) is 95.2 Å². The predicted octanol–water partition coefficient (Wildman–Crippen LogP) is 3.75. The van der Waals surface area contributed by atoms with Crippen molar-refractivity contribution in [1.29, 1.82) is 0 Å². The van der Waals surface area contributed by atoms with Crippen molar-refractivity contribution in [1.82, 2.24) is 19.4 Å². The van der Waals surface area contributed by atoms with E-state index in [1.54, 1.807) is 4.57 Å². The second-order valence-electron chi connectivity index (χ2n) is 9.74. The summed E-state index contributed by atoms with van der Waals surface area (Å²) in [5.74, 6) is 1.04. The molecule has 37 heavy (non-hydrogen) atoms. The van der Waals surface area contributed by atoms with Gasteiger partial charge < -0.3 is 10.1 Å². The number of carbonyl (C=O) groups is 1. The van der Waals surface area contributed by atoms with Gasteiger partial charge in [0, 0.05) is 25.2 Å². The maximum atomic E-state index is 14.1. The van der Waals surface area contributed by atoms with Crippen LogP contribution in [0.3, 0.4) is 0 Å². The highest BCUT2D eigenvalue weighted by Crippen LogP contribution is 2.30. The van der Waals surface area contributed by atoms with Gasteiger partial charge in [-0.05, 0) is 61.7 Å². The van der Waals surface area contributed by atoms with Gasteiger partial charge in [0.1, 0.15) is 11.5 Å². The van der Waals surface area contributed by atoms with Gasteiger partial charge >= 0.3 is 5.69 Å². The van der Waals surface area contributed by atoms with E-state index in [0.717, 1.165) is 36.1 Å². The van der Waals surface area contributed by atoms with Gasteiger partial charge in [-0.25, -0.2) is 14.2 Å². The van der Waals surface area contributed by atoms with E-state index >= 15 is 0 Å². The lowest BCUT2D eigenvalue weighted by atomic mass is 9.90. The maximum Gasteiger partial charge on any atom is 0.333 e. The summed E-state index contributed by atoms with van der Waals surface area (Å²) < 4.78 is 22.5. The van der Waals surface area contributed by atoms with Crippen LogP contribution in [0.1, 0.15) is 62.3 Å². The maximum absolute atomic E-state index is 14.1. The van der Waals surface area contributed by atoms with E-state index < -0.39 is 17.5 Å². The van der Waals surface area contributed by atoms with Gasteiger partial charge in [0.2, 0.25) is 0 Å². The third kappa shape index (κ3) is 5.22. The zero-order chi connectivity index (χ0) is 25.9. The average molecular weight is 527 g/mol. The highest BCUT2D eigenvalue weighted by atomic mass is 32.2. The molecule has 2 fully saturated rings. The van der Waals surface area contributed by atoms with Crippen LogP contribution >= 0.6 is 11.8 Å². The Morgan fingerprint density at radius 3 is 2.41 bits per heavy atom. The highest BCUT2D eigenvalue weighted by Gasteiger charge is 2.31. The number of pyridine rings is 1. The van der Waals surface area contributed by atoms with Crippen LogP contribution in [0.2, 0.25) is 0 Å². The predicted molar refractivity (Wildman–Crippen MR) is 141 cm³/mol. The minimum atomic E-state index is -0.703. The number of fused-ring (bicyclic) bond motifs is 1. The zero-order valence-electron chi connectivity index (χ0n) is 20.8. The van der Waals surface area contributed by atoms with Crippen LogP contribution in [0.25, 0.3) is 11.0 Å². The lowest BCUT2D eigenvalue weighted by molar-refractivity contribution is -0.132. The lowest BCUT2D eigenvalue weighted by Gasteiger charge is -2.32. The number of thioether (sulfide) groups is 1. The van der Waals surface area contributed by atoms with Crippen LogP contribution in [0.4, 0.5) is 4.39 Å². The average Bonchev–Trinajstić information content (AvgIpc) is 2.92. The number of nitrogens with zero attached hydrogens (tertiary/aromatic N) is 3. The van der Waals surface area contributed by atoms with Gasteiger partial charge in [-0.2, -0.15) is 11.8 Å². The molecule has 3 heterocycles. The van der Waals surface area contributed by atoms with Crippen LogP contribution in [-0.2, 0) is 9.53 Å². The molecule has 196 valence electrons. The van der Waals surface area contributed by atoms with Crippen molar-refractivity contribution in [3.05, 3.63) is 74.8 Å². The van der Waals surface area contributed by atoms with Gasteiger partial charge in [0.15, 0.2) is 6.10 Å². The summed E-state index contributed by atoms with van der Waals surface area (Å²) in [7, 11) is 1.51. The molecule has 0 unspecified atom stereocenters. The Kier molecular flexibility index (Phi) is 7.76. The van der Waals surface area contributed by atoms with E-state index in [2.05, 4.69) is 10.3 Å². The summed E-state index contributed by atoms with van der Waals surface area (Å²) >= 11 is 1.84. The van der Waals surface area contributed by atoms with Crippen molar-refractivity contribution in [2.75, 3.05) is 18.6 Å². The van der Waals surface area contributed by atoms with E-state index in [-0.39, 0.29) is 40.8 Å². The van der Waals surface area contributed by atoms with Crippen LogP contribution in [0.5, 0.6) is 0 Å². The normalized spacial score (nSPS) is 21.6. The van der Waals surface area contributed by atoms with Gasteiger partial charge in [-0.1, -0.05) is 30.3 Å². The summed E-state index contributed by atoms with van der Waals surface area (Å²) in [6.45, 7) is 0. The Labute approximate surface area is 218 Å². The number of methoxy groups -OCH3 is 1. The van der Waals surface area contributed by atoms with Crippen molar-refractivity contribution in [2.24, 2.45) is 0 Å². The third-order valence-electron chi connectivity index (χ3n) is 7.46. The summed E-state index contributed by atoms with van der Waals surface area (Å²) in [6, 6.07) is 10.0. The molecule has 1 N–H and O–H groups in total. The smallest absolute Gasteiger partial charge is 0.333 e. The molecule has 1 aromatic carbocycles. The van der Waals surface area contributed by atoms with Crippen LogP contribution in [-0.4, -0.2) is 44.7 Å². The van der Waals surface area contributed by atoms with Crippen molar-refractivity contribution in [3.8, 4) is 0 Å². The number of rotatable bonds is 6. The molecule has 0 bridgehead atoms. The molecular weight excluding hydrogens is 495 g/mol. The fourth-order valence-corrected chi connectivity index (χ4v) is 6.66. The molecule has 0 spiro atoms.